The largest absolute Gasteiger partial charge is 0.265 e. The Balaban J connectivity index is 0.000000360. The molecule has 0 saturated carbocycles. The third kappa shape index (κ3) is 1.89. The summed E-state index contributed by atoms with van der Waals surface area (Å²) in [5.41, 5.74) is 0. The number of pyridine rings is 1. The molecule has 1 rings (SSSR count). The van der Waals surface area contributed by atoms with Gasteiger partial charge >= 0.3 is 0 Å². The van der Waals surface area contributed by atoms with Crippen molar-refractivity contribution in [1.29, 1.82) is 0 Å². The highest BCUT2D eigenvalue weighted by Gasteiger charge is 1.58. The molecule has 0 aliphatic carbocycles. The zero-order valence-corrected chi connectivity index (χ0v) is 3.74. The highest BCUT2D eigenvalue weighted by Crippen LogP contribution is 1.73. The minimum Gasteiger partial charge on any atom is -0.265 e. The van der Waals surface area contributed by atoms with Gasteiger partial charge in [0.05, 0.1) is 0 Å². The molecule has 0 aromatic carbocycles. The Bertz CT molecular complexity index is 80.0. The van der Waals surface area contributed by atoms with E-state index in [1.54, 1.807) is 12.4 Å². The minimum absolute atomic E-state index is 0. The zero-order valence-electron chi connectivity index (χ0n) is 3.74. The van der Waals surface area contributed by atoms with E-state index in [-0.39, 0.29) is 5.48 Å². The summed E-state index contributed by atoms with van der Waals surface area (Å²) in [5, 5.41) is 0. The normalized spacial score (nSPS) is 6.86. The first-order valence-corrected chi connectivity index (χ1v) is 1.85. The van der Waals surface area contributed by atoms with Crippen molar-refractivity contribution in [3.05, 3.63) is 30.6 Å². The first-order valence-electron chi connectivity index (χ1n) is 1.85. The van der Waals surface area contributed by atoms with Gasteiger partial charge in [0, 0.05) is 17.9 Å². The number of rotatable bonds is 0. The van der Waals surface area contributed by atoms with Crippen LogP contribution >= 0.6 is 0 Å². The molecule has 1 aromatic rings. The van der Waals surface area contributed by atoms with Crippen LogP contribution in [-0.4, -0.2) is 4.98 Å². The van der Waals surface area contributed by atoms with Crippen molar-refractivity contribution in [2.75, 3.05) is 0 Å². The smallest absolute Gasteiger partial charge is 0.0267 e. The van der Waals surface area contributed by atoms with Gasteiger partial charge in [-0.1, -0.05) is 6.07 Å². The summed E-state index contributed by atoms with van der Waals surface area (Å²) in [6.45, 7) is 0. The van der Waals surface area contributed by atoms with Crippen molar-refractivity contribution in [2.24, 2.45) is 0 Å². The fourth-order valence-electron chi connectivity index (χ4n) is 0.313. The van der Waals surface area contributed by atoms with Crippen LogP contribution in [-0.2, 0) is 5.48 Å². The Morgan fingerprint density at radius 3 is 1.57 bits per heavy atom. The van der Waals surface area contributed by atoms with Crippen LogP contribution in [0.3, 0.4) is 0 Å². The van der Waals surface area contributed by atoms with E-state index in [2.05, 4.69) is 4.98 Å². The number of nitrogens with zero attached hydrogens (tertiary/aromatic N) is 1. The van der Waals surface area contributed by atoms with E-state index in [0.29, 0.717) is 0 Å². The summed E-state index contributed by atoms with van der Waals surface area (Å²) < 4.78 is 0. The van der Waals surface area contributed by atoms with Gasteiger partial charge in [0.15, 0.2) is 0 Å². The van der Waals surface area contributed by atoms with Gasteiger partial charge in [-0.25, -0.2) is 0 Å². The van der Waals surface area contributed by atoms with Crippen molar-refractivity contribution in [3.63, 3.8) is 0 Å². The molecule has 0 atom stereocenters. The summed E-state index contributed by atoms with van der Waals surface area (Å²) in [7, 11) is 0. The van der Waals surface area contributed by atoms with Crippen LogP contribution in [0.15, 0.2) is 30.6 Å². The standard InChI is InChI=1S/C5H5N.O/c1-2-4-6-5-3-1;/h1-5H;. The molecule has 0 aliphatic rings. The van der Waals surface area contributed by atoms with Gasteiger partial charge in [-0.15, -0.1) is 0 Å². The Morgan fingerprint density at radius 1 is 0.857 bits per heavy atom. The van der Waals surface area contributed by atoms with Gasteiger partial charge in [-0.2, -0.15) is 0 Å². The molecule has 36 valence electrons. The molecule has 2 heteroatoms. The van der Waals surface area contributed by atoms with Crippen molar-refractivity contribution in [2.45, 2.75) is 0 Å². The number of aromatic nitrogens is 1. The van der Waals surface area contributed by atoms with Gasteiger partial charge in [0.25, 0.3) is 0 Å². The Labute approximate surface area is 42.1 Å². The van der Waals surface area contributed by atoms with Gasteiger partial charge in [-0.05, 0) is 12.1 Å². The molecule has 0 saturated heterocycles. The Hall–Kier alpha value is -0.890. The van der Waals surface area contributed by atoms with Gasteiger partial charge < -0.3 is 0 Å². The summed E-state index contributed by atoms with van der Waals surface area (Å²) in [6.07, 6.45) is 3.50. The topological polar surface area (TPSA) is 41.4 Å². The van der Waals surface area contributed by atoms with Crippen molar-refractivity contribution < 1.29 is 5.48 Å². The van der Waals surface area contributed by atoms with Crippen LogP contribution in [0, 0.1) is 0 Å². The highest BCUT2D eigenvalue weighted by molar-refractivity contribution is 4.88. The monoisotopic (exact) mass is 95.0 g/mol. The predicted octanol–water partition coefficient (Wildman–Crippen LogP) is 0.963. The third-order valence-corrected chi connectivity index (χ3v) is 0.566. The Morgan fingerprint density at radius 2 is 1.43 bits per heavy atom. The molecule has 2 radical (unpaired) electrons. The lowest BCUT2D eigenvalue weighted by Crippen LogP contribution is -1.58. The predicted molar refractivity (Wildman–Crippen MR) is 24.9 cm³/mol. The molecule has 0 spiro atoms. The fraction of sp³-hybridized carbons (Fsp3) is 0. The van der Waals surface area contributed by atoms with E-state index in [0.717, 1.165) is 0 Å². The molecule has 1 heterocycles. The second kappa shape index (κ2) is 3.31. The van der Waals surface area contributed by atoms with E-state index in [1.165, 1.54) is 0 Å². The molecule has 0 bridgehead atoms. The van der Waals surface area contributed by atoms with Crippen LogP contribution in [0.25, 0.3) is 0 Å². The maximum atomic E-state index is 3.78. The quantitative estimate of drug-likeness (QED) is 0.473. The lowest BCUT2D eigenvalue weighted by atomic mass is 10.5. The molecule has 0 fully saturated rings. The van der Waals surface area contributed by atoms with Crippen LogP contribution in [0.2, 0.25) is 0 Å². The number of hydrogen-bond donors (Lipinski definition) is 0. The molecule has 0 amide bonds. The molecule has 1 aromatic heterocycles. The average molecular weight is 95.1 g/mol. The molecule has 0 unspecified atom stereocenters. The average Bonchev–Trinajstić information content (AvgIpc) is 1.72. The summed E-state index contributed by atoms with van der Waals surface area (Å²) in [5.74, 6) is 0. The van der Waals surface area contributed by atoms with E-state index < -0.39 is 0 Å². The van der Waals surface area contributed by atoms with Crippen molar-refractivity contribution in [1.82, 2.24) is 4.98 Å². The Kier molecular flexibility index (Phi) is 2.89. The summed E-state index contributed by atoms with van der Waals surface area (Å²) in [6, 6.07) is 5.72. The lowest BCUT2D eigenvalue weighted by molar-refractivity contribution is 0.686. The molecule has 0 N–H and O–H groups in total. The van der Waals surface area contributed by atoms with Crippen LogP contribution in [0.4, 0.5) is 0 Å². The van der Waals surface area contributed by atoms with E-state index in [9.17, 15) is 0 Å². The van der Waals surface area contributed by atoms with Gasteiger partial charge in [-0.3, -0.25) is 4.98 Å². The SMILES string of the molecule is [O].c1ccncc1. The number of hydrogen-bond acceptors (Lipinski definition) is 1. The van der Waals surface area contributed by atoms with Crippen molar-refractivity contribution in [3.8, 4) is 0 Å². The second-order valence-corrected chi connectivity index (χ2v) is 1.02. The summed E-state index contributed by atoms with van der Waals surface area (Å²) >= 11 is 0. The maximum absolute atomic E-state index is 3.78. The molecule has 7 heavy (non-hydrogen) atoms. The maximum Gasteiger partial charge on any atom is 0.0267 e. The van der Waals surface area contributed by atoms with Crippen LogP contribution in [0.1, 0.15) is 0 Å². The lowest BCUT2D eigenvalue weighted by Gasteiger charge is -1.70. The van der Waals surface area contributed by atoms with E-state index in [4.69, 9.17) is 0 Å². The molecular weight excluding hydrogens is 90.1 g/mol. The first-order chi connectivity index (χ1) is 3.00. The van der Waals surface area contributed by atoms with E-state index in [1.807, 2.05) is 18.2 Å². The van der Waals surface area contributed by atoms with Gasteiger partial charge in [0.2, 0.25) is 0 Å². The van der Waals surface area contributed by atoms with Crippen LogP contribution < -0.4 is 0 Å². The highest BCUT2D eigenvalue weighted by atomic mass is 16.0. The second-order valence-electron chi connectivity index (χ2n) is 1.02. The molecular formula is C5H5NO. The zero-order chi connectivity index (χ0) is 4.24. The van der Waals surface area contributed by atoms with Crippen LogP contribution in [0.5, 0.6) is 0 Å². The minimum atomic E-state index is 0. The molecule has 0 aliphatic heterocycles. The first kappa shape index (κ1) is 6.11. The van der Waals surface area contributed by atoms with E-state index >= 15 is 0 Å². The van der Waals surface area contributed by atoms with Crippen molar-refractivity contribution >= 4 is 0 Å². The summed E-state index contributed by atoms with van der Waals surface area (Å²) in [4.78, 5) is 3.78. The third-order valence-electron chi connectivity index (χ3n) is 0.566. The molecule has 2 nitrogen and oxygen atoms in total. The fourth-order valence-corrected chi connectivity index (χ4v) is 0.313. The van der Waals surface area contributed by atoms with Gasteiger partial charge in [0.1, 0.15) is 0 Å².